The van der Waals surface area contributed by atoms with Gasteiger partial charge in [0.15, 0.2) is 0 Å². The largest absolute Gasteiger partial charge is 0.431 e. The molecular weight excluding hydrogens is 304 g/mol. The van der Waals surface area contributed by atoms with Crippen LogP contribution in [-0.4, -0.2) is 18.9 Å². The predicted molar refractivity (Wildman–Crippen MR) is 57.0 cm³/mol. The second-order valence-electron chi connectivity index (χ2n) is 2.89. The summed E-state index contributed by atoms with van der Waals surface area (Å²) in [5.74, 6) is 0. The van der Waals surface area contributed by atoms with Gasteiger partial charge in [0.25, 0.3) is 0 Å². The van der Waals surface area contributed by atoms with E-state index in [1.807, 2.05) is 0 Å². The highest BCUT2D eigenvalue weighted by Crippen LogP contribution is 2.50. The van der Waals surface area contributed by atoms with Crippen LogP contribution < -0.4 is 0 Å². The van der Waals surface area contributed by atoms with E-state index in [1.54, 1.807) is 0 Å². The van der Waals surface area contributed by atoms with Crippen LogP contribution in [0.5, 0.6) is 0 Å². The second-order valence-corrected chi connectivity index (χ2v) is 6.68. The third-order valence-corrected chi connectivity index (χ3v) is 4.23. The molecule has 0 spiro atoms. The fourth-order valence-electron chi connectivity index (χ4n) is 0.838. The van der Waals surface area contributed by atoms with Gasteiger partial charge in [-0.1, -0.05) is 18.2 Å². The SMILES string of the molecule is O=S(=O)(Cl)C(F)(F)C(F)(F)Sc1ccccc1. The van der Waals surface area contributed by atoms with E-state index in [1.165, 1.54) is 18.2 Å². The molecule has 0 aliphatic carbocycles. The molecule has 2 nitrogen and oxygen atoms in total. The summed E-state index contributed by atoms with van der Waals surface area (Å²) in [5.41, 5.74) is 0. The topological polar surface area (TPSA) is 34.1 Å². The van der Waals surface area contributed by atoms with Crippen molar-refractivity contribution >= 4 is 31.5 Å². The fraction of sp³-hybridized carbons (Fsp3) is 0.250. The summed E-state index contributed by atoms with van der Waals surface area (Å²) >= 11 is -0.567. The van der Waals surface area contributed by atoms with Gasteiger partial charge in [0.05, 0.1) is 0 Å². The molecule has 0 amide bonds. The van der Waals surface area contributed by atoms with Crippen molar-refractivity contribution in [2.45, 2.75) is 15.4 Å². The Morgan fingerprint density at radius 2 is 1.53 bits per heavy atom. The fourth-order valence-corrected chi connectivity index (χ4v) is 2.71. The van der Waals surface area contributed by atoms with Crippen LogP contribution in [0.25, 0.3) is 0 Å². The Morgan fingerprint density at radius 1 is 1.06 bits per heavy atom. The zero-order valence-corrected chi connectivity index (χ0v) is 10.3. The third kappa shape index (κ3) is 3.05. The summed E-state index contributed by atoms with van der Waals surface area (Å²) in [6.45, 7) is 0. The van der Waals surface area contributed by atoms with Crippen LogP contribution in [0.15, 0.2) is 35.2 Å². The van der Waals surface area contributed by atoms with Crippen molar-refractivity contribution in [3.8, 4) is 0 Å². The van der Waals surface area contributed by atoms with Crippen LogP contribution in [0.1, 0.15) is 0 Å². The number of rotatable bonds is 4. The van der Waals surface area contributed by atoms with Crippen molar-refractivity contribution in [1.29, 1.82) is 0 Å². The Morgan fingerprint density at radius 3 is 1.94 bits per heavy atom. The van der Waals surface area contributed by atoms with Gasteiger partial charge in [-0.3, -0.25) is 0 Å². The molecule has 0 aliphatic heterocycles. The van der Waals surface area contributed by atoms with E-state index in [2.05, 4.69) is 10.7 Å². The van der Waals surface area contributed by atoms with Crippen LogP contribution >= 0.6 is 22.4 Å². The second kappa shape index (κ2) is 4.66. The zero-order valence-electron chi connectivity index (χ0n) is 7.91. The first kappa shape index (κ1) is 14.6. The molecule has 0 aromatic heterocycles. The molecule has 9 heteroatoms. The Balaban J connectivity index is 3.05. The summed E-state index contributed by atoms with van der Waals surface area (Å²) < 4.78 is 72.9. The molecule has 1 aromatic carbocycles. The molecule has 0 saturated carbocycles. The summed E-state index contributed by atoms with van der Waals surface area (Å²) in [5, 5.41) is -10.2. The molecule has 0 heterocycles. The minimum absolute atomic E-state index is 0.197. The highest BCUT2D eigenvalue weighted by atomic mass is 35.7. The third-order valence-electron chi connectivity index (χ3n) is 1.63. The number of alkyl halides is 4. The predicted octanol–water partition coefficient (Wildman–Crippen LogP) is 3.53. The molecule has 0 radical (unpaired) electrons. The lowest BCUT2D eigenvalue weighted by Crippen LogP contribution is -2.42. The minimum atomic E-state index is -5.71. The van der Waals surface area contributed by atoms with Crippen LogP contribution in [0.3, 0.4) is 0 Å². The van der Waals surface area contributed by atoms with Gasteiger partial charge in [0.2, 0.25) is 0 Å². The summed E-state index contributed by atoms with van der Waals surface area (Å²) in [6, 6.07) is 6.50. The lowest BCUT2D eigenvalue weighted by molar-refractivity contribution is -0.0886. The van der Waals surface area contributed by atoms with Crippen molar-refractivity contribution < 1.29 is 26.0 Å². The summed E-state index contributed by atoms with van der Waals surface area (Å²) in [4.78, 5) is -0.197. The molecule has 0 atom stereocenters. The molecule has 0 unspecified atom stereocenters. The van der Waals surface area contributed by atoms with Crippen molar-refractivity contribution in [3.63, 3.8) is 0 Å². The highest BCUT2D eigenvalue weighted by Gasteiger charge is 2.66. The first-order chi connectivity index (χ1) is 7.58. The van der Waals surface area contributed by atoms with Gasteiger partial charge in [0.1, 0.15) is 0 Å². The van der Waals surface area contributed by atoms with Crippen molar-refractivity contribution in [1.82, 2.24) is 0 Å². The standard InChI is InChI=1S/C8H5ClF4O2S2/c9-17(14,15)8(12,13)7(10,11)16-6-4-2-1-3-5-6/h1-5H. The van der Waals surface area contributed by atoms with Crippen LogP contribution in [0, 0.1) is 0 Å². The van der Waals surface area contributed by atoms with E-state index in [-0.39, 0.29) is 4.90 Å². The molecule has 1 aromatic rings. The van der Waals surface area contributed by atoms with Crippen LogP contribution in [0.2, 0.25) is 0 Å². The number of benzene rings is 1. The van der Waals surface area contributed by atoms with Gasteiger partial charge in [-0.05, 0) is 23.9 Å². The lowest BCUT2D eigenvalue weighted by atomic mass is 10.4. The summed E-state index contributed by atoms with van der Waals surface area (Å²) in [6.07, 6.45) is 0. The Hall–Kier alpha value is -0.470. The van der Waals surface area contributed by atoms with Crippen LogP contribution in [-0.2, 0) is 9.05 Å². The molecular formula is C8H5ClF4O2S2. The lowest BCUT2D eigenvalue weighted by Gasteiger charge is -2.22. The van der Waals surface area contributed by atoms with Crippen molar-refractivity contribution in [2.75, 3.05) is 0 Å². The highest BCUT2D eigenvalue weighted by molar-refractivity contribution is 8.15. The van der Waals surface area contributed by atoms with Gasteiger partial charge >= 0.3 is 19.6 Å². The van der Waals surface area contributed by atoms with Crippen molar-refractivity contribution in [2.24, 2.45) is 0 Å². The number of thioether (sulfide) groups is 1. The molecule has 0 bridgehead atoms. The molecule has 96 valence electrons. The molecule has 0 aliphatic rings. The van der Waals surface area contributed by atoms with Gasteiger partial charge in [0, 0.05) is 15.6 Å². The van der Waals surface area contributed by atoms with E-state index < -0.39 is 31.3 Å². The Kier molecular flexibility index (Phi) is 4.00. The number of hydrogen-bond donors (Lipinski definition) is 0. The van der Waals surface area contributed by atoms with E-state index >= 15 is 0 Å². The van der Waals surface area contributed by atoms with Crippen LogP contribution in [0.4, 0.5) is 17.6 Å². The number of hydrogen-bond acceptors (Lipinski definition) is 3. The maximum absolute atomic E-state index is 13.1. The summed E-state index contributed by atoms with van der Waals surface area (Å²) in [7, 11) is -1.41. The number of halogens is 5. The van der Waals surface area contributed by atoms with Gasteiger partial charge < -0.3 is 0 Å². The van der Waals surface area contributed by atoms with Gasteiger partial charge in [-0.25, -0.2) is 8.42 Å². The zero-order chi connectivity index (χ0) is 13.3. The van der Waals surface area contributed by atoms with Crippen molar-refractivity contribution in [3.05, 3.63) is 30.3 Å². The van der Waals surface area contributed by atoms with Gasteiger partial charge in [-0.15, -0.1) is 0 Å². The monoisotopic (exact) mass is 308 g/mol. The molecule has 0 saturated heterocycles. The molecule has 1 rings (SSSR count). The quantitative estimate of drug-likeness (QED) is 0.485. The Labute approximate surface area is 103 Å². The van der Waals surface area contributed by atoms with E-state index in [9.17, 15) is 26.0 Å². The molecule has 0 N–H and O–H groups in total. The maximum atomic E-state index is 13.1. The first-order valence-corrected chi connectivity index (χ1v) is 7.14. The Bertz CT molecular complexity index is 490. The van der Waals surface area contributed by atoms with E-state index in [0.717, 1.165) is 12.1 Å². The maximum Gasteiger partial charge on any atom is 0.431 e. The minimum Gasteiger partial charge on any atom is -0.206 e. The molecule has 0 fully saturated rings. The first-order valence-electron chi connectivity index (χ1n) is 4.02. The van der Waals surface area contributed by atoms with E-state index in [4.69, 9.17) is 0 Å². The average Bonchev–Trinajstić information content (AvgIpc) is 2.16. The molecule has 17 heavy (non-hydrogen) atoms. The van der Waals surface area contributed by atoms with Gasteiger partial charge in [-0.2, -0.15) is 17.6 Å². The average molecular weight is 309 g/mol. The normalized spacial score (nSPS) is 13.7. The smallest absolute Gasteiger partial charge is 0.206 e. The van der Waals surface area contributed by atoms with E-state index in [0.29, 0.717) is 0 Å².